The van der Waals surface area contributed by atoms with Crippen LogP contribution in [0.1, 0.15) is 19.4 Å². The number of nitrogens with zero attached hydrogens (tertiary/aromatic N) is 5. The van der Waals surface area contributed by atoms with Crippen LogP contribution in [0.4, 0.5) is 4.39 Å². The lowest BCUT2D eigenvalue weighted by Crippen LogP contribution is -2.58. The minimum atomic E-state index is -0.234. The van der Waals surface area contributed by atoms with Crippen molar-refractivity contribution in [2.75, 3.05) is 19.7 Å². The topological polar surface area (TPSA) is 79.3 Å². The fraction of sp³-hybridized carbons (Fsp3) is 0.364. The summed E-state index contributed by atoms with van der Waals surface area (Å²) >= 11 is 5.09. The average Bonchev–Trinajstić information content (AvgIpc) is 3.22. The highest BCUT2D eigenvalue weighted by Crippen LogP contribution is 2.20. The zero-order valence-electron chi connectivity index (χ0n) is 17.9. The number of H-pyrrole nitrogens is 1. The Balaban J connectivity index is 1.31. The molecule has 2 heterocycles. The van der Waals surface area contributed by atoms with Crippen molar-refractivity contribution in [1.29, 1.82) is 0 Å². The van der Waals surface area contributed by atoms with Gasteiger partial charge in [-0.15, -0.1) is 0 Å². The third-order valence-electron chi connectivity index (χ3n) is 5.66. The van der Waals surface area contributed by atoms with Gasteiger partial charge in [0, 0.05) is 31.7 Å². The molecule has 0 saturated carbocycles. The van der Waals surface area contributed by atoms with Crippen LogP contribution in [0, 0.1) is 10.6 Å². The van der Waals surface area contributed by atoms with Crippen molar-refractivity contribution in [2.24, 2.45) is 0 Å². The molecular weight excluding hydrogens is 431 g/mol. The van der Waals surface area contributed by atoms with Crippen LogP contribution < -0.4 is 4.74 Å². The highest BCUT2D eigenvalue weighted by molar-refractivity contribution is 7.71. The molecule has 168 valence electrons. The number of piperazine rings is 1. The molecule has 3 aromatic rings. The molecule has 2 unspecified atom stereocenters. The number of carbonyl (C=O) groups excluding carboxylic acids is 1. The third-order valence-corrected chi connectivity index (χ3v) is 5.93. The standard InChI is InChI=1S/C22H25FN6O2S/c1-15-12-28(16(2)11-27(15)13-17-3-5-18(23)6-4-17)21(30)14-31-20-9-7-19(8-10-20)29-22(32)24-25-26-29/h3-10,15-16H,11-14H2,1-2H3,(H,24,26,32). The molecule has 0 spiro atoms. The summed E-state index contributed by atoms with van der Waals surface area (Å²) in [6.07, 6.45) is 0. The van der Waals surface area contributed by atoms with E-state index >= 15 is 0 Å². The van der Waals surface area contributed by atoms with Crippen LogP contribution in [0.15, 0.2) is 48.5 Å². The van der Waals surface area contributed by atoms with Crippen molar-refractivity contribution in [3.63, 3.8) is 0 Å². The van der Waals surface area contributed by atoms with E-state index in [0.29, 0.717) is 17.1 Å². The van der Waals surface area contributed by atoms with Gasteiger partial charge in [-0.2, -0.15) is 5.21 Å². The van der Waals surface area contributed by atoms with Gasteiger partial charge in [0.2, 0.25) is 4.77 Å². The van der Waals surface area contributed by atoms with Gasteiger partial charge in [0.1, 0.15) is 11.6 Å². The quantitative estimate of drug-likeness (QED) is 0.575. The van der Waals surface area contributed by atoms with Crippen molar-refractivity contribution < 1.29 is 13.9 Å². The summed E-state index contributed by atoms with van der Waals surface area (Å²) in [5, 5.41) is 10.1. The number of carbonyl (C=O) groups is 1. The van der Waals surface area contributed by atoms with Gasteiger partial charge in [0.05, 0.1) is 5.69 Å². The average molecular weight is 457 g/mol. The van der Waals surface area contributed by atoms with Crippen LogP contribution in [-0.4, -0.2) is 67.7 Å². The molecule has 4 rings (SSSR count). The van der Waals surface area contributed by atoms with Gasteiger partial charge in [-0.25, -0.2) is 9.07 Å². The van der Waals surface area contributed by atoms with Gasteiger partial charge in [-0.05, 0) is 68.0 Å². The zero-order valence-corrected chi connectivity index (χ0v) is 18.8. The van der Waals surface area contributed by atoms with E-state index < -0.39 is 0 Å². The summed E-state index contributed by atoms with van der Waals surface area (Å²) in [6, 6.07) is 14.0. The smallest absolute Gasteiger partial charge is 0.260 e. The van der Waals surface area contributed by atoms with E-state index in [1.54, 1.807) is 28.9 Å². The Labute approximate surface area is 190 Å². The number of tetrazole rings is 1. The van der Waals surface area contributed by atoms with E-state index in [-0.39, 0.29) is 30.4 Å². The number of aromatic nitrogens is 4. The first-order valence-corrected chi connectivity index (χ1v) is 10.8. The Morgan fingerprint density at radius 2 is 1.84 bits per heavy atom. The SMILES string of the molecule is CC1CN(C(=O)COc2ccc(-n3[nH]nnc3=S)cc2)C(C)CN1Cc1ccc(F)cc1. The van der Waals surface area contributed by atoms with Gasteiger partial charge >= 0.3 is 0 Å². The van der Waals surface area contributed by atoms with Crippen molar-refractivity contribution >= 4 is 18.1 Å². The molecule has 1 amide bonds. The molecule has 2 aromatic carbocycles. The van der Waals surface area contributed by atoms with Crippen molar-refractivity contribution in [1.82, 2.24) is 30.0 Å². The Bertz CT molecular complexity index is 1110. The zero-order chi connectivity index (χ0) is 22.7. The summed E-state index contributed by atoms with van der Waals surface area (Å²) in [5.41, 5.74) is 1.84. The number of ether oxygens (including phenoxy) is 1. The maximum absolute atomic E-state index is 13.2. The minimum Gasteiger partial charge on any atom is -0.484 e. The highest BCUT2D eigenvalue weighted by atomic mass is 32.1. The number of halogens is 1. The number of hydrogen-bond donors (Lipinski definition) is 1. The Hall–Kier alpha value is -3.11. The normalized spacial score (nSPS) is 19.2. The number of hydrogen-bond acceptors (Lipinski definition) is 6. The second kappa shape index (κ2) is 9.58. The summed E-state index contributed by atoms with van der Waals surface area (Å²) < 4.78 is 20.8. The fourth-order valence-electron chi connectivity index (χ4n) is 3.88. The van der Waals surface area contributed by atoms with Crippen LogP contribution >= 0.6 is 12.2 Å². The first kappa shape index (κ1) is 22.1. The monoisotopic (exact) mass is 456 g/mol. The number of rotatable bonds is 6. The van der Waals surface area contributed by atoms with Crippen molar-refractivity contribution in [2.45, 2.75) is 32.5 Å². The third kappa shape index (κ3) is 5.03. The molecule has 2 atom stereocenters. The van der Waals surface area contributed by atoms with E-state index in [9.17, 15) is 9.18 Å². The predicted octanol–water partition coefficient (Wildman–Crippen LogP) is 2.96. The second-order valence-electron chi connectivity index (χ2n) is 8.00. The molecule has 0 bridgehead atoms. The largest absolute Gasteiger partial charge is 0.484 e. The molecular formula is C22H25FN6O2S. The van der Waals surface area contributed by atoms with Gasteiger partial charge in [-0.1, -0.05) is 22.4 Å². The Morgan fingerprint density at radius 1 is 1.12 bits per heavy atom. The molecule has 1 aliphatic rings. The second-order valence-corrected chi connectivity index (χ2v) is 8.37. The molecule has 1 N–H and O–H groups in total. The summed E-state index contributed by atoms with van der Waals surface area (Å²) in [5.74, 6) is 0.314. The van der Waals surface area contributed by atoms with Gasteiger partial charge < -0.3 is 9.64 Å². The van der Waals surface area contributed by atoms with E-state index in [1.807, 2.05) is 24.0 Å². The van der Waals surface area contributed by atoms with E-state index in [4.69, 9.17) is 17.0 Å². The number of nitrogens with one attached hydrogen (secondary N) is 1. The predicted molar refractivity (Wildman–Crippen MR) is 119 cm³/mol. The molecule has 1 fully saturated rings. The van der Waals surface area contributed by atoms with Crippen LogP contribution in [0.25, 0.3) is 5.69 Å². The highest BCUT2D eigenvalue weighted by Gasteiger charge is 2.32. The fourth-order valence-corrected chi connectivity index (χ4v) is 4.06. The first-order chi connectivity index (χ1) is 15.4. The van der Waals surface area contributed by atoms with Crippen LogP contribution in [0.3, 0.4) is 0 Å². The van der Waals surface area contributed by atoms with Crippen LogP contribution in [0.2, 0.25) is 0 Å². The molecule has 0 aliphatic carbocycles. The number of benzene rings is 2. The minimum absolute atomic E-state index is 0.0284. The Morgan fingerprint density at radius 3 is 2.50 bits per heavy atom. The molecule has 32 heavy (non-hydrogen) atoms. The molecule has 1 saturated heterocycles. The lowest BCUT2D eigenvalue weighted by atomic mass is 10.1. The maximum Gasteiger partial charge on any atom is 0.260 e. The summed E-state index contributed by atoms with van der Waals surface area (Å²) in [4.78, 5) is 17.0. The molecule has 1 aliphatic heterocycles. The van der Waals surface area contributed by atoms with Crippen molar-refractivity contribution in [3.8, 4) is 11.4 Å². The lowest BCUT2D eigenvalue weighted by Gasteiger charge is -2.44. The Kier molecular flexibility index (Phi) is 6.61. The number of aromatic amines is 1. The summed E-state index contributed by atoms with van der Waals surface area (Å²) in [6.45, 7) is 6.21. The van der Waals surface area contributed by atoms with Crippen LogP contribution in [-0.2, 0) is 11.3 Å². The lowest BCUT2D eigenvalue weighted by molar-refractivity contribution is -0.139. The maximum atomic E-state index is 13.2. The van der Waals surface area contributed by atoms with Crippen LogP contribution in [0.5, 0.6) is 5.75 Å². The number of amides is 1. The van der Waals surface area contributed by atoms with E-state index in [1.165, 1.54) is 12.1 Å². The van der Waals surface area contributed by atoms with Gasteiger partial charge in [0.25, 0.3) is 5.91 Å². The van der Waals surface area contributed by atoms with Crippen molar-refractivity contribution in [3.05, 3.63) is 64.7 Å². The molecule has 8 nitrogen and oxygen atoms in total. The molecule has 1 aromatic heterocycles. The van der Waals surface area contributed by atoms with Gasteiger partial charge in [0.15, 0.2) is 6.61 Å². The van der Waals surface area contributed by atoms with E-state index in [0.717, 1.165) is 24.3 Å². The summed E-state index contributed by atoms with van der Waals surface area (Å²) in [7, 11) is 0. The molecule has 0 radical (unpaired) electrons. The molecule has 10 heteroatoms. The first-order valence-electron chi connectivity index (χ1n) is 10.4. The van der Waals surface area contributed by atoms with E-state index in [2.05, 4.69) is 27.3 Å². The van der Waals surface area contributed by atoms with Gasteiger partial charge in [-0.3, -0.25) is 9.69 Å².